The second-order valence-electron chi connectivity index (χ2n) is 6.02. The molecule has 1 aromatic heterocycles. The minimum Gasteiger partial charge on any atom is -0.338 e. The van der Waals surface area contributed by atoms with Gasteiger partial charge in [0, 0.05) is 31.9 Å². The third-order valence-electron chi connectivity index (χ3n) is 4.71. The van der Waals surface area contributed by atoms with Crippen LogP contribution in [0.5, 0.6) is 0 Å². The van der Waals surface area contributed by atoms with Gasteiger partial charge in [0.15, 0.2) is 0 Å². The van der Waals surface area contributed by atoms with E-state index >= 15 is 0 Å². The fraction of sp³-hybridized carbons (Fsp3) is 0.733. The molecule has 1 saturated heterocycles. The van der Waals surface area contributed by atoms with E-state index in [4.69, 9.17) is 0 Å². The maximum absolute atomic E-state index is 12.1. The predicted octanol–water partition coefficient (Wildman–Crippen LogP) is 2.55. The summed E-state index contributed by atoms with van der Waals surface area (Å²) in [6.07, 6.45) is 11.1. The first-order chi connectivity index (χ1) is 9.24. The first-order valence-corrected chi connectivity index (χ1v) is 7.51. The molecule has 0 radical (unpaired) electrons. The normalized spacial score (nSPS) is 20.8. The van der Waals surface area contributed by atoms with E-state index in [2.05, 4.69) is 9.55 Å². The number of likely N-dealkylation sites (tertiary alicyclic amines) is 1. The lowest BCUT2D eigenvalue weighted by Crippen LogP contribution is -2.50. The number of carbonyl (C=O) groups is 1. The summed E-state index contributed by atoms with van der Waals surface area (Å²) < 4.78 is 2.18. The van der Waals surface area contributed by atoms with Crippen LogP contribution >= 0.6 is 0 Å². The molecular weight excluding hydrogens is 238 g/mol. The zero-order valence-electron chi connectivity index (χ0n) is 11.7. The Morgan fingerprint density at radius 3 is 2.74 bits per heavy atom. The molecule has 0 atom stereocenters. The maximum Gasteiger partial charge on any atom is 0.222 e. The van der Waals surface area contributed by atoms with Gasteiger partial charge in [0.25, 0.3) is 0 Å². The highest BCUT2D eigenvalue weighted by atomic mass is 16.2. The van der Waals surface area contributed by atoms with Crippen molar-refractivity contribution in [1.29, 1.82) is 0 Å². The van der Waals surface area contributed by atoms with Crippen LogP contribution in [0.2, 0.25) is 0 Å². The fourth-order valence-corrected chi connectivity index (χ4v) is 3.39. The van der Waals surface area contributed by atoms with E-state index in [1.54, 1.807) is 0 Å². The van der Waals surface area contributed by atoms with Crippen LogP contribution < -0.4 is 0 Å². The minimum absolute atomic E-state index is 0.348. The van der Waals surface area contributed by atoms with Crippen molar-refractivity contribution < 1.29 is 4.79 Å². The van der Waals surface area contributed by atoms with Crippen molar-refractivity contribution >= 4 is 5.91 Å². The lowest BCUT2D eigenvalue weighted by Gasteiger charge is -2.40. The summed E-state index contributed by atoms with van der Waals surface area (Å²) in [5, 5.41) is 0. The molecule has 2 fully saturated rings. The molecule has 19 heavy (non-hydrogen) atoms. The van der Waals surface area contributed by atoms with Gasteiger partial charge >= 0.3 is 0 Å². The van der Waals surface area contributed by atoms with E-state index in [-0.39, 0.29) is 0 Å². The monoisotopic (exact) mass is 261 g/mol. The molecule has 104 valence electrons. The van der Waals surface area contributed by atoms with Crippen molar-refractivity contribution in [2.45, 2.75) is 51.5 Å². The molecule has 1 amide bonds. The number of imidazole rings is 1. The molecule has 1 aliphatic carbocycles. The lowest BCUT2D eigenvalue weighted by molar-refractivity contribution is -0.137. The Morgan fingerprint density at radius 2 is 2.11 bits per heavy atom. The average molecular weight is 261 g/mol. The van der Waals surface area contributed by atoms with E-state index in [1.807, 2.05) is 24.2 Å². The summed E-state index contributed by atoms with van der Waals surface area (Å²) in [4.78, 5) is 18.3. The van der Waals surface area contributed by atoms with Crippen molar-refractivity contribution in [3.8, 4) is 0 Å². The van der Waals surface area contributed by atoms with Crippen LogP contribution in [0.1, 0.15) is 50.4 Å². The van der Waals surface area contributed by atoms with Gasteiger partial charge in [-0.05, 0) is 19.3 Å². The van der Waals surface area contributed by atoms with E-state index < -0.39 is 0 Å². The van der Waals surface area contributed by atoms with Crippen molar-refractivity contribution in [3.05, 3.63) is 18.2 Å². The van der Waals surface area contributed by atoms with Gasteiger partial charge in [0.05, 0.1) is 6.04 Å². The molecule has 0 aromatic carbocycles. The molecule has 4 heteroatoms. The smallest absolute Gasteiger partial charge is 0.222 e. The first-order valence-electron chi connectivity index (χ1n) is 7.51. The molecule has 2 heterocycles. The van der Waals surface area contributed by atoms with Crippen molar-refractivity contribution in [2.75, 3.05) is 13.1 Å². The third kappa shape index (κ3) is 2.67. The van der Waals surface area contributed by atoms with Crippen LogP contribution in [0.25, 0.3) is 0 Å². The Balaban J connectivity index is 1.42. The Kier molecular flexibility index (Phi) is 3.58. The van der Waals surface area contributed by atoms with Crippen LogP contribution in [0, 0.1) is 12.8 Å². The Morgan fingerprint density at radius 1 is 1.37 bits per heavy atom. The van der Waals surface area contributed by atoms with Crippen LogP contribution in [-0.4, -0.2) is 33.4 Å². The van der Waals surface area contributed by atoms with Crippen LogP contribution in [0.4, 0.5) is 0 Å². The number of hydrogen-bond acceptors (Lipinski definition) is 2. The molecule has 0 unspecified atom stereocenters. The summed E-state index contributed by atoms with van der Waals surface area (Å²) in [7, 11) is 0. The summed E-state index contributed by atoms with van der Waals surface area (Å²) in [5.41, 5.74) is 0. The Labute approximate surface area is 114 Å². The number of aromatic nitrogens is 2. The van der Waals surface area contributed by atoms with E-state index in [9.17, 15) is 4.79 Å². The molecule has 0 bridgehead atoms. The highest BCUT2D eigenvalue weighted by Crippen LogP contribution is 2.30. The highest BCUT2D eigenvalue weighted by molar-refractivity contribution is 5.77. The number of nitrogens with zero attached hydrogens (tertiary/aromatic N) is 3. The summed E-state index contributed by atoms with van der Waals surface area (Å²) in [6, 6.07) is 0.443. The van der Waals surface area contributed by atoms with Gasteiger partial charge in [-0.2, -0.15) is 0 Å². The Hall–Kier alpha value is -1.32. The fourth-order valence-electron chi connectivity index (χ4n) is 3.39. The number of hydrogen-bond donors (Lipinski definition) is 0. The third-order valence-corrected chi connectivity index (χ3v) is 4.71. The van der Waals surface area contributed by atoms with Gasteiger partial charge in [-0.1, -0.05) is 25.7 Å². The van der Waals surface area contributed by atoms with Gasteiger partial charge in [0.1, 0.15) is 5.82 Å². The predicted molar refractivity (Wildman–Crippen MR) is 73.8 cm³/mol. The molecule has 2 aliphatic rings. The summed E-state index contributed by atoms with van der Waals surface area (Å²) in [6.45, 7) is 3.74. The SMILES string of the molecule is Cc1nccn1C1CN(C(=O)CCC2CCCC2)C1. The zero-order valence-corrected chi connectivity index (χ0v) is 11.7. The second-order valence-corrected chi connectivity index (χ2v) is 6.02. The molecule has 0 spiro atoms. The summed E-state index contributed by atoms with van der Waals surface area (Å²) >= 11 is 0. The quantitative estimate of drug-likeness (QED) is 0.835. The second kappa shape index (κ2) is 5.35. The number of carbonyl (C=O) groups excluding carboxylic acids is 1. The highest BCUT2D eigenvalue weighted by Gasteiger charge is 2.32. The molecule has 1 aromatic rings. The first kappa shape index (κ1) is 12.7. The van der Waals surface area contributed by atoms with Crippen LogP contribution in [0.3, 0.4) is 0 Å². The van der Waals surface area contributed by atoms with Gasteiger partial charge in [0.2, 0.25) is 5.91 Å². The van der Waals surface area contributed by atoms with Crippen molar-refractivity contribution in [1.82, 2.24) is 14.5 Å². The van der Waals surface area contributed by atoms with Gasteiger partial charge < -0.3 is 9.47 Å². The number of amides is 1. The number of aryl methyl sites for hydroxylation is 1. The topological polar surface area (TPSA) is 38.1 Å². The van der Waals surface area contributed by atoms with E-state index in [0.717, 1.165) is 37.7 Å². The van der Waals surface area contributed by atoms with Gasteiger partial charge in [-0.25, -0.2) is 4.98 Å². The number of rotatable bonds is 4. The Bertz CT molecular complexity index is 442. The molecule has 0 N–H and O–H groups in total. The molecule has 1 saturated carbocycles. The summed E-state index contributed by atoms with van der Waals surface area (Å²) in [5.74, 6) is 2.21. The standard InChI is InChI=1S/C15H23N3O/c1-12-16-8-9-18(12)14-10-17(11-14)15(19)7-6-13-4-2-3-5-13/h8-9,13-14H,2-7,10-11H2,1H3. The molecule has 1 aliphatic heterocycles. The van der Waals surface area contributed by atoms with Crippen molar-refractivity contribution in [2.24, 2.45) is 5.92 Å². The van der Waals surface area contributed by atoms with Gasteiger partial charge in [-0.15, -0.1) is 0 Å². The zero-order chi connectivity index (χ0) is 13.2. The van der Waals surface area contributed by atoms with Crippen LogP contribution in [0.15, 0.2) is 12.4 Å². The van der Waals surface area contributed by atoms with Crippen molar-refractivity contribution in [3.63, 3.8) is 0 Å². The maximum atomic E-state index is 12.1. The molecular formula is C15H23N3O. The average Bonchev–Trinajstić information content (AvgIpc) is 2.97. The van der Waals surface area contributed by atoms with Crippen LogP contribution in [-0.2, 0) is 4.79 Å². The lowest BCUT2D eigenvalue weighted by atomic mass is 10.00. The largest absolute Gasteiger partial charge is 0.338 e. The minimum atomic E-state index is 0.348. The van der Waals surface area contributed by atoms with E-state index in [1.165, 1.54) is 25.7 Å². The molecule has 4 nitrogen and oxygen atoms in total. The van der Waals surface area contributed by atoms with Gasteiger partial charge in [-0.3, -0.25) is 4.79 Å². The molecule has 3 rings (SSSR count). The van der Waals surface area contributed by atoms with E-state index in [0.29, 0.717) is 11.9 Å².